The van der Waals surface area contributed by atoms with Crippen LogP contribution in [0.5, 0.6) is 0 Å². The highest BCUT2D eigenvalue weighted by atomic mass is 35.5. The lowest BCUT2D eigenvalue weighted by Gasteiger charge is -2.29. The van der Waals surface area contributed by atoms with Crippen molar-refractivity contribution in [3.8, 4) is 0 Å². The van der Waals surface area contributed by atoms with Crippen LogP contribution < -0.4 is 0 Å². The van der Waals surface area contributed by atoms with E-state index >= 15 is 0 Å². The predicted octanol–water partition coefficient (Wildman–Crippen LogP) is 2.62. The summed E-state index contributed by atoms with van der Waals surface area (Å²) in [5.41, 5.74) is 0.457. The maximum Gasteiger partial charge on any atom is 0.307 e. The largest absolute Gasteiger partial charge is 0.481 e. The van der Waals surface area contributed by atoms with Crippen LogP contribution in [0, 0.1) is 5.92 Å². The van der Waals surface area contributed by atoms with E-state index in [0.717, 1.165) is 0 Å². The van der Waals surface area contributed by atoms with Crippen molar-refractivity contribution in [2.45, 2.75) is 18.6 Å². The standard InChI is InChI=1S/C13H15Cl2NO4S/c14-11-4-3-10(12(15)6-11)8-21(19,20)16-5-1-2-9(7-16)13(17)18/h3-4,6,9H,1-2,5,7-8H2,(H,17,18)/t9-/m1/s1. The fourth-order valence-electron chi connectivity index (χ4n) is 2.32. The molecule has 5 nitrogen and oxygen atoms in total. The summed E-state index contributed by atoms with van der Waals surface area (Å²) in [4.78, 5) is 11.0. The number of carboxylic acids is 1. The number of halogens is 2. The van der Waals surface area contributed by atoms with E-state index in [9.17, 15) is 13.2 Å². The van der Waals surface area contributed by atoms with Gasteiger partial charge in [0.25, 0.3) is 0 Å². The zero-order chi connectivity index (χ0) is 15.6. The third-order valence-corrected chi connectivity index (χ3v) is 5.86. The van der Waals surface area contributed by atoms with E-state index in [4.69, 9.17) is 28.3 Å². The lowest BCUT2D eigenvalue weighted by Crippen LogP contribution is -2.42. The smallest absolute Gasteiger partial charge is 0.307 e. The molecule has 1 atom stereocenters. The molecule has 0 radical (unpaired) electrons. The Kier molecular flexibility index (Phi) is 5.14. The Morgan fingerprint density at radius 1 is 1.38 bits per heavy atom. The molecule has 1 aromatic carbocycles. The van der Waals surface area contributed by atoms with Crippen LogP contribution in [0.15, 0.2) is 18.2 Å². The van der Waals surface area contributed by atoms with Crippen LogP contribution in [0.25, 0.3) is 0 Å². The summed E-state index contributed by atoms with van der Waals surface area (Å²) in [7, 11) is -3.60. The van der Waals surface area contributed by atoms with E-state index < -0.39 is 21.9 Å². The molecule has 1 aromatic rings. The maximum absolute atomic E-state index is 12.4. The molecule has 0 spiro atoms. The van der Waals surface area contributed by atoms with Crippen molar-refractivity contribution in [1.29, 1.82) is 0 Å². The number of rotatable bonds is 4. The van der Waals surface area contributed by atoms with Crippen molar-refractivity contribution in [3.05, 3.63) is 33.8 Å². The molecule has 0 bridgehead atoms. The summed E-state index contributed by atoms with van der Waals surface area (Å²) in [5, 5.41) is 9.75. The van der Waals surface area contributed by atoms with E-state index in [1.807, 2.05) is 0 Å². The first-order valence-electron chi connectivity index (χ1n) is 6.44. The molecule has 2 rings (SSSR count). The first-order chi connectivity index (χ1) is 9.79. The molecular weight excluding hydrogens is 337 g/mol. The second kappa shape index (κ2) is 6.52. The summed E-state index contributed by atoms with van der Waals surface area (Å²) in [6, 6.07) is 4.64. The SMILES string of the molecule is O=C(O)[C@@H]1CCCN(S(=O)(=O)Cc2ccc(Cl)cc2Cl)C1. The van der Waals surface area contributed by atoms with Gasteiger partial charge in [-0.2, -0.15) is 0 Å². The van der Waals surface area contributed by atoms with Crippen LogP contribution >= 0.6 is 23.2 Å². The Morgan fingerprint density at radius 2 is 2.10 bits per heavy atom. The predicted molar refractivity (Wildman–Crippen MR) is 81.0 cm³/mol. The van der Waals surface area contributed by atoms with E-state index in [1.54, 1.807) is 12.1 Å². The molecule has 0 aliphatic carbocycles. The number of hydrogen-bond donors (Lipinski definition) is 1. The van der Waals surface area contributed by atoms with Crippen molar-refractivity contribution < 1.29 is 18.3 Å². The zero-order valence-corrected chi connectivity index (χ0v) is 13.5. The molecule has 1 aliphatic rings. The maximum atomic E-state index is 12.4. The minimum atomic E-state index is -3.60. The molecule has 1 fully saturated rings. The summed E-state index contributed by atoms with van der Waals surface area (Å²) in [6.45, 7) is 0.361. The topological polar surface area (TPSA) is 74.7 Å². The van der Waals surface area contributed by atoms with Gasteiger partial charge >= 0.3 is 5.97 Å². The first-order valence-corrected chi connectivity index (χ1v) is 8.80. The van der Waals surface area contributed by atoms with E-state index in [-0.39, 0.29) is 17.3 Å². The van der Waals surface area contributed by atoms with Crippen LogP contribution in [-0.4, -0.2) is 36.9 Å². The summed E-state index contributed by atoms with van der Waals surface area (Å²) >= 11 is 11.8. The van der Waals surface area contributed by atoms with Crippen LogP contribution in [-0.2, 0) is 20.6 Å². The van der Waals surface area contributed by atoms with Gasteiger partial charge in [0, 0.05) is 23.1 Å². The average molecular weight is 352 g/mol. The van der Waals surface area contributed by atoms with Crippen molar-refractivity contribution in [2.24, 2.45) is 5.92 Å². The highest BCUT2D eigenvalue weighted by Crippen LogP contribution is 2.26. The number of aliphatic carboxylic acids is 1. The number of benzene rings is 1. The molecule has 21 heavy (non-hydrogen) atoms. The first kappa shape index (κ1) is 16.5. The Labute approximate surface area is 133 Å². The van der Waals surface area contributed by atoms with Crippen LogP contribution in [0.3, 0.4) is 0 Å². The molecule has 116 valence electrons. The highest BCUT2D eigenvalue weighted by molar-refractivity contribution is 7.88. The van der Waals surface area contributed by atoms with Gasteiger partial charge in [0.2, 0.25) is 10.0 Å². The van der Waals surface area contributed by atoms with Crippen LogP contribution in [0.4, 0.5) is 0 Å². The van der Waals surface area contributed by atoms with Gasteiger partial charge in [-0.05, 0) is 30.5 Å². The summed E-state index contributed by atoms with van der Waals surface area (Å²) in [5.74, 6) is -1.86. The number of sulfonamides is 1. The number of nitrogens with zero attached hydrogens (tertiary/aromatic N) is 1. The zero-order valence-electron chi connectivity index (χ0n) is 11.1. The normalized spacial score (nSPS) is 20.4. The van der Waals surface area contributed by atoms with Crippen molar-refractivity contribution >= 4 is 39.2 Å². The lowest BCUT2D eigenvalue weighted by molar-refractivity contribution is -0.142. The van der Waals surface area contributed by atoms with Crippen molar-refractivity contribution in [1.82, 2.24) is 4.31 Å². The van der Waals surface area contributed by atoms with Gasteiger partial charge in [-0.15, -0.1) is 0 Å². The van der Waals surface area contributed by atoms with E-state index in [2.05, 4.69) is 0 Å². The molecule has 1 heterocycles. The van der Waals surface area contributed by atoms with Gasteiger partial charge in [0.1, 0.15) is 0 Å². The number of hydrogen-bond acceptors (Lipinski definition) is 3. The molecule has 1 saturated heterocycles. The Hall–Kier alpha value is -0.820. The molecule has 8 heteroatoms. The van der Waals surface area contributed by atoms with E-state index in [1.165, 1.54) is 10.4 Å². The monoisotopic (exact) mass is 351 g/mol. The van der Waals surface area contributed by atoms with Gasteiger partial charge in [-0.1, -0.05) is 29.3 Å². The highest BCUT2D eigenvalue weighted by Gasteiger charge is 2.32. The quantitative estimate of drug-likeness (QED) is 0.904. The van der Waals surface area contributed by atoms with Gasteiger partial charge in [0.05, 0.1) is 11.7 Å². The Bertz CT molecular complexity index is 648. The molecule has 0 amide bonds. The van der Waals surface area contributed by atoms with Gasteiger partial charge in [-0.3, -0.25) is 4.79 Å². The Balaban J connectivity index is 2.16. The fraction of sp³-hybridized carbons (Fsp3) is 0.462. The van der Waals surface area contributed by atoms with Crippen molar-refractivity contribution in [2.75, 3.05) is 13.1 Å². The summed E-state index contributed by atoms with van der Waals surface area (Å²) < 4.78 is 26.0. The van der Waals surface area contributed by atoms with Crippen molar-refractivity contribution in [3.63, 3.8) is 0 Å². The van der Waals surface area contributed by atoms with Crippen LogP contribution in [0.1, 0.15) is 18.4 Å². The minimum absolute atomic E-state index is 0.0167. The number of piperidine rings is 1. The lowest BCUT2D eigenvalue weighted by atomic mass is 10.0. The van der Waals surface area contributed by atoms with E-state index in [0.29, 0.717) is 30.0 Å². The second-order valence-electron chi connectivity index (χ2n) is 5.03. The van der Waals surface area contributed by atoms with Gasteiger partial charge < -0.3 is 5.11 Å². The van der Waals surface area contributed by atoms with Gasteiger partial charge in [0.15, 0.2) is 0 Å². The van der Waals surface area contributed by atoms with Crippen LogP contribution in [0.2, 0.25) is 10.0 Å². The second-order valence-corrected chi connectivity index (χ2v) is 7.84. The number of carbonyl (C=O) groups is 1. The molecule has 1 N–H and O–H groups in total. The average Bonchev–Trinajstić information content (AvgIpc) is 2.42. The summed E-state index contributed by atoms with van der Waals surface area (Å²) in [6.07, 6.45) is 1.05. The Morgan fingerprint density at radius 3 is 2.71 bits per heavy atom. The molecular formula is C13H15Cl2NO4S. The van der Waals surface area contributed by atoms with Gasteiger partial charge in [-0.25, -0.2) is 12.7 Å². The third kappa shape index (κ3) is 4.10. The fourth-order valence-corrected chi connectivity index (χ4v) is 4.52. The molecule has 1 aliphatic heterocycles. The minimum Gasteiger partial charge on any atom is -0.481 e. The molecule has 0 saturated carbocycles. The molecule has 0 aromatic heterocycles. The molecule has 0 unspecified atom stereocenters. The number of carboxylic acid groups (broad SMARTS) is 1. The third-order valence-electron chi connectivity index (χ3n) is 3.48.